The first-order valence-corrected chi connectivity index (χ1v) is 6.05. The number of carbonyl (C=O) groups is 3. The summed E-state index contributed by atoms with van der Waals surface area (Å²) in [5.41, 5.74) is 0. The van der Waals surface area contributed by atoms with E-state index in [0.29, 0.717) is 0 Å². The van der Waals surface area contributed by atoms with Crippen LogP contribution in [-0.4, -0.2) is 84.6 Å². The predicted octanol–water partition coefficient (Wildman–Crippen LogP) is -3.27. The fourth-order valence-corrected chi connectivity index (χ4v) is 1.13. The number of rotatable bonds is 3. The van der Waals surface area contributed by atoms with E-state index in [2.05, 4.69) is 18.9 Å². The van der Waals surface area contributed by atoms with Gasteiger partial charge in [-0.15, -0.1) is 0 Å². The Kier molecular flexibility index (Phi) is 7.02. The molecule has 2 aliphatic heterocycles. The number of hydrogen-bond acceptors (Lipinski definition) is 10. The first-order valence-electron chi connectivity index (χ1n) is 6.05. The summed E-state index contributed by atoms with van der Waals surface area (Å²) in [6.07, 6.45) is -4.93. The molecule has 10 nitrogen and oxygen atoms in total. The van der Waals surface area contributed by atoms with E-state index in [1.807, 2.05) is 0 Å². The van der Waals surface area contributed by atoms with Crippen molar-refractivity contribution in [2.75, 3.05) is 33.0 Å². The lowest BCUT2D eigenvalue weighted by Gasteiger charge is -2.14. The van der Waals surface area contributed by atoms with E-state index in [9.17, 15) is 14.4 Å². The maximum Gasteiger partial charge on any atom is 0.350 e. The molecular formula is C11H16O10. The van der Waals surface area contributed by atoms with Crippen LogP contribution in [-0.2, 0) is 33.3 Å². The number of aliphatic hydroxyl groups is 3. The summed E-state index contributed by atoms with van der Waals surface area (Å²) >= 11 is 0. The van der Waals surface area contributed by atoms with Crippen LogP contribution in [0.3, 0.4) is 0 Å². The van der Waals surface area contributed by atoms with E-state index >= 15 is 0 Å². The van der Waals surface area contributed by atoms with Crippen molar-refractivity contribution in [1.82, 2.24) is 0 Å². The highest BCUT2D eigenvalue weighted by Crippen LogP contribution is 2.09. The number of aliphatic hydroxyl groups excluding tert-OH is 3. The number of hydrogen-bond donors (Lipinski definition) is 3. The second-order valence-corrected chi connectivity index (χ2v) is 3.94. The number of epoxide rings is 1. The monoisotopic (exact) mass is 308 g/mol. The molecule has 21 heavy (non-hydrogen) atoms. The molecule has 10 heteroatoms. The summed E-state index contributed by atoms with van der Waals surface area (Å²) in [5.74, 6) is -3.58. The molecule has 2 heterocycles. The molecule has 2 saturated heterocycles. The molecule has 2 rings (SSSR count). The Morgan fingerprint density at radius 3 is 1.10 bits per heavy atom. The van der Waals surface area contributed by atoms with Gasteiger partial charge in [0.1, 0.15) is 0 Å². The summed E-state index contributed by atoms with van der Waals surface area (Å²) in [5, 5.41) is 26.5. The Morgan fingerprint density at radius 1 is 0.714 bits per heavy atom. The molecule has 0 radical (unpaired) electrons. The first kappa shape index (κ1) is 17.3. The van der Waals surface area contributed by atoms with Crippen LogP contribution in [0, 0.1) is 0 Å². The van der Waals surface area contributed by atoms with Crippen LogP contribution < -0.4 is 0 Å². The van der Waals surface area contributed by atoms with Gasteiger partial charge in [-0.3, -0.25) is 0 Å². The highest BCUT2D eigenvalue weighted by atomic mass is 16.7. The third kappa shape index (κ3) is 5.63. The van der Waals surface area contributed by atoms with Gasteiger partial charge in [0, 0.05) is 0 Å². The van der Waals surface area contributed by atoms with Crippen molar-refractivity contribution < 1.29 is 48.7 Å². The van der Waals surface area contributed by atoms with E-state index in [0.717, 1.165) is 13.2 Å². The average Bonchev–Trinajstić information content (AvgIpc) is 3.34. The normalized spacial score (nSPS) is 28.7. The smallest absolute Gasteiger partial charge is 0.350 e. The van der Waals surface area contributed by atoms with E-state index < -0.39 is 56.0 Å². The fraction of sp³-hybridized carbons (Fsp3) is 0.727. The van der Waals surface area contributed by atoms with E-state index in [1.54, 1.807) is 0 Å². The zero-order chi connectivity index (χ0) is 15.8. The largest absolute Gasteiger partial charge is 0.445 e. The Bertz CT molecular complexity index is 324. The van der Waals surface area contributed by atoms with E-state index in [1.165, 1.54) is 0 Å². The van der Waals surface area contributed by atoms with Crippen LogP contribution in [0.5, 0.6) is 0 Å². The van der Waals surface area contributed by atoms with Crippen molar-refractivity contribution in [2.24, 2.45) is 0 Å². The fourth-order valence-electron chi connectivity index (χ4n) is 1.13. The van der Waals surface area contributed by atoms with Gasteiger partial charge in [-0.25, -0.2) is 14.4 Å². The lowest BCUT2D eigenvalue weighted by molar-refractivity contribution is -0.175. The Balaban J connectivity index is 0.000000647. The SMILES string of the molecule is C1CO1.O=C1OC(CO)C(=O)OC(CO)C(=O)OC1CO. The van der Waals surface area contributed by atoms with Crippen molar-refractivity contribution in [1.29, 1.82) is 0 Å². The van der Waals surface area contributed by atoms with Crippen LogP contribution >= 0.6 is 0 Å². The molecule has 2 aliphatic rings. The standard InChI is InChI=1S/C9H12O9.C2H4O/c10-1-4-7(13)17-6(3-12)9(15)18-5(2-11)8(14)16-4;1-2-3-1/h4-6,10-12H,1-3H2;1-2H2. The molecule has 0 saturated carbocycles. The molecule has 0 amide bonds. The maximum absolute atomic E-state index is 11.4. The highest BCUT2D eigenvalue weighted by Gasteiger charge is 2.37. The lowest BCUT2D eigenvalue weighted by Crippen LogP contribution is -2.37. The average molecular weight is 308 g/mol. The number of cyclic esters (lactones) is 3. The van der Waals surface area contributed by atoms with Crippen LogP contribution in [0.15, 0.2) is 0 Å². The summed E-state index contributed by atoms with van der Waals surface area (Å²) in [7, 11) is 0. The number of esters is 3. The van der Waals surface area contributed by atoms with Crippen LogP contribution in [0.1, 0.15) is 0 Å². The topological polar surface area (TPSA) is 152 Å². The maximum atomic E-state index is 11.4. The summed E-state index contributed by atoms with van der Waals surface area (Å²) in [4.78, 5) is 34.1. The van der Waals surface area contributed by atoms with Crippen molar-refractivity contribution >= 4 is 17.9 Å². The van der Waals surface area contributed by atoms with Gasteiger partial charge in [0.05, 0.1) is 33.0 Å². The van der Waals surface area contributed by atoms with Gasteiger partial charge in [0.2, 0.25) is 18.3 Å². The Hall–Kier alpha value is -1.75. The van der Waals surface area contributed by atoms with Gasteiger partial charge < -0.3 is 34.3 Å². The van der Waals surface area contributed by atoms with Gasteiger partial charge in [-0.05, 0) is 0 Å². The zero-order valence-electron chi connectivity index (χ0n) is 11.0. The van der Waals surface area contributed by atoms with Gasteiger partial charge >= 0.3 is 17.9 Å². The molecule has 120 valence electrons. The highest BCUT2D eigenvalue weighted by molar-refractivity contribution is 5.87. The second-order valence-electron chi connectivity index (χ2n) is 3.94. The molecule has 3 unspecified atom stereocenters. The molecular weight excluding hydrogens is 292 g/mol. The minimum absolute atomic E-state index is 0.866. The first-order chi connectivity index (χ1) is 10.0. The molecule has 3 N–H and O–H groups in total. The van der Waals surface area contributed by atoms with Crippen molar-refractivity contribution in [3.05, 3.63) is 0 Å². The molecule has 3 atom stereocenters. The van der Waals surface area contributed by atoms with Crippen molar-refractivity contribution in [2.45, 2.75) is 18.3 Å². The quantitative estimate of drug-likeness (QED) is 0.275. The molecule has 2 fully saturated rings. The second kappa shape index (κ2) is 8.52. The minimum Gasteiger partial charge on any atom is -0.445 e. The molecule has 0 spiro atoms. The number of ether oxygens (including phenoxy) is 4. The Morgan fingerprint density at radius 2 is 0.952 bits per heavy atom. The lowest BCUT2D eigenvalue weighted by atomic mass is 10.3. The minimum atomic E-state index is -1.64. The van der Waals surface area contributed by atoms with Crippen molar-refractivity contribution in [3.63, 3.8) is 0 Å². The van der Waals surface area contributed by atoms with Gasteiger partial charge in [0.25, 0.3) is 0 Å². The molecule has 0 aromatic carbocycles. The number of carbonyl (C=O) groups excluding carboxylic acids is 3. The third-order valence-corrected chi connectivity index (χ3v) is 2.27. The van der Waals surface area contributed by atoms with Crippen molar-refractivity contribution in [3.8, 4) is 0 Å². The van der Waals surface area contributed by atoms with Gasteiger partial charge in [-0.2, -0.15) is 0 Å². The summed E-state index contributed by atoms with van der Waals surface area (Å²) in [6, 6.07) is 0. The zero-order valence-corrected chi connectivity index (χ0v) is 11.0. The Labute approximate surface area is 119 Å². The molecule has 0 aliphatic carbocycles. The third-order valence-electron chi connectivity index (χ3n) is 2.27. The molecule has 0 aromatic rings. The summed E-state index contributed by atoms with van der Waals surface area (Å²) in [6.45, 7) is -0.598. The molecule has 0 aromatic heterocycles. The van der Waals surface area contributed by atoms with E-state index in [-0.39, 0.29) is 0 Å². The predicted molar refractivity (Wildman–Crippen MR) is 61.7 cm³/mol. The van der Waals surface area contributed by atoms with Crippen LogP contribution in [0.25, 0.3) is 0 Å². The van der Waals surface area contributed by atoms with Crippen LogP contribution in [0.2, 0.25) is 0 Å². The molecule has 0 bridgehead atoms. The van der Waals surface area contributed by atoms with Crippen LogP contribution in [0.4, 0.5) is 0 Å². The summed E-state index contributed by atoms with van der Waals surface area (Å²) < 4.78 is 18.0. The van der Waals surface area contributed by atoms with Gasteiger partial charge in [0.15, 0.2) is 0 Å². The van der Waals surface area contributed by atoms with E-state index in [4.69, 9.17) is 15.3 Å². The van der Waals surface area contributed by atoms with Gasteiger partial charge in [-0.1, -0.05) is 0 Å².